The molecule has 7 heteroatoms. The van der Waals surface area contributed by atoms with Gasteiger partial charge < -0.3 is 5.32 Å². The van der Waals surface area contributed by atoms with Crippen molar-refractivity contribution < 1.29 is 4.79 Å². The number of hydrogen-bond acceptors (Lipinski definition) is 5. The molecule has 190 valence electrons. The van der Waals surface area contributed by atoms with Crippen molar-refractivity contribution in [2.75, 3.05) is 11.1 Å². The average molecular weight is 538 g/mol. The molecule has 2 aromatic heterocycles. The second kappa shape index (κ2) is 11.0. The lowest BCUT2D eigenvalue weighted by Crippen LogP contribution is -2.23. The first-order chi connectivity index (χ1) is 18.7. The van der Waals surface area contributed by atoms with Gasteiger partial charge in [0.05, 0.1) is 16.8 Å². The summed E-state index contributed by atoms with van der Waals surface area (Å²) >= 11 is 2.93. The number of anilines is 1. The molecule has 0 atom stereocenters. The lowest BCUT2D eigenvalue weighted by molar-refractivity contribution is -0.113. The second-order valence-corrected chi connectivity index (χ2v) is 11.4. The van der Waals surface area contributed by atoms with Crippen LogP contribution in [0.3, 0.4) is 0 Å². The van der Waals surface area contributed by atoms with E-state index in [-0.39, 0.29) is 17.2 Å². The summed E-state index contributed by atoms with van der Waals surface area (Å²) in [5, 5.41) is 4.37. The number of aromatic nitrogens is 2. The molecule has 6 rings (SSSR count). The molecule has 0 aliphatic heterocycles. The molecule has 0 fully saturated rings. The maximum absolute atomic E-state index is 13.9. The van der Waals surface area contributed by atoms with Crippen LogP contribution in [0.5, 0.6) is 0 Å². The fraction of sp³-hybridized carbons (Fsp3) is 0.194. The number of carbonyl (C=O) groups is 1. The summed E-state index contributed by atoms with van der Waals surface area (Å²) in [5.41, 5.74) is 4.93. The van der Waals surface area contributed by atoms with Gasteiger partial charge in [-0.1, -0.05) is 78.5 Å². The third-order valence-corrected chi connectivity index (χ3v) is 8.96. The molecule has 1 N–H and O–H groups in total. The molecule has 1 aliphatic carbocycles. The summed E-state index contributed by atoms with van der Waals surface area (Å²) in [4.78, 5) is 34.0. The number of amides is 1. The minimum Gasteiger partial charge on any atom is -0.325 e. The van der Waals surface area contributed by atoms with Crippen LogP contribution in [-0.2, 0) is 24.1 Å². The van der Waals surface area contributed by atoms with Gasteiger partial charge in [-0.25, -0.2) is 4.98 Å². The lowest BCUT2D eigenvalue weighted by Gasteiger charge is -2.14. The largest absolute Gasteiger partial charge is 0.325 e. The zero-order valence-electron chi connectivity index (χ0n) is 20.9. The van der Waals surface area contributed by atoms with Crippen LogP contribution in [0.15, 0.2) is 94.9 Å². The Kier molecular flexibility index (Phi) is 7.12. The molecule has 0 saturated heterocycles. The van der Waals surface area contributed by atoms with Gasteiger partial charge in [0.2, 0.25) is 5.91 Å². The molecule has 38 heavy (non-hydrogen) atoms. The Morgan fingerprint density at radius 3 is 2.45 bits per heavy atom. The normalized spacial score (nSPS) is 12.8. The highest BCUT2D eigenvalue weighted by Crippen LogP contribution is 2.35. The van der Waals surface area contributed by atoms with Crippen LogP contribution in [0.1, 0.15) is 34.4 Å². The van der Waals surface area contributed by atoms with Crippen molar-refractivity contribution in [3.05, 3.63) is 117 Å². The number of hydrogen-bond donors (Lipinski definition) is 1. The smallest absolute Gasteiger partial charge is 0.267 e. The molecule has 0 saturated carbocycles. The Labute approximate surface area is 229 Å². The van der Waals surface area contributed by atoms with Gasteiger partial charge >= 0.3 is 0 Å². The van der Waals surface area contributed by atoms with Gasteiger partial charge in [-0.15, -0.1) is 11.3 Å². The van der Waals surface area contributed by atoms with Crippen molar-refractivity contribution in [3.8, 4) is 5.69 Å². The predicted octanol–water partition coefficient (Wildman–Crippen LogP) is 6.65. The van der Waals surface area contributed by atoms with Crippen molar-refractivity contribution >= 4 is 44.9 Å². The van der Waals surface area contributed by atoms with Crippen LogP contribution in [0.4, 0.5) is 5.69 Å². The highest BCUT2D eigenvalue weighted by molar-refractivity contribution is 7.99. The number of fused-ring (bicyclic) bond motifs is 3. The van der Waals surface area contributed by atoms with Crippen molar-refractivity contribution in [2.45, 2.75) is 37.3 Å². The number of nitrogens with zero attached hydrogens (tertiary/aromatic N) is 2. The van der Waals surface area contributed by atoms with E-state index >= 15 is 0 Å². The van der Waals surface area contributed by atoms with E-state index in [0.717, 1.165) is 59.3 Å². The molecule has 0 spiro atoms. The fourth-order valence-corrected chi connectivity index (χ4v) is 7.13. The molecule has 3 aromatic carbocycles. The molecule has 2 heterocycles. The van der Waals surface area contributed by atoms with E-state index < -0.39 is 0 Å². The molecule has 0 unspecified atom stereocenters. The number of rotatable bonds is 7. The van der Waals surface area contributed by atoms with Gasteiger partial charge in [0.15, 0.2) is 5.16 Å². The highest BCUT2D eigenvalue weighted by Gasteiger charge is 2.23. The number of para-hydroxylation sites is 2. The van der Waals surface area contributed by atoms with Crippen molar-refractivity contribution in [1.29, 1.82) is 0 Å². The lowest BCUT2D eigenvalue weighted by atomic mass is 9.97. The highest BCUT2D eigenvalue weighted by atomic mass is 32.2. The molecule has 0 radical (unpaired) electrons. The Balaban J connectivity index is 1.28. The second-order valence-electron chi connectivity index (χ2n) is 9.42. The first kappa shape index (κ1) is 24.6. The summed E-state index contributed by atoms with van der Waals surface area (Å²) in [6, 6.07) is 27.7. The van der Waals surface area contributed by atoms with Gasteiger partial charge in [0.25, 0.3) is 5.56 Å². The van der Waals surface area contributed by atoms with Crippen molar-refractivity contribution in [1.82, 2.24) is 9.55 Å². The standard InChI is InChI=1S/C31H27N3O2S2/c35-27(32-25-17-9-7-13-22(25)19-21-11-3-1-4-12-21)20-37-31-33-29-28(24-16-8-10-18-26(24)38-29)30(36)34(31)23-14-5-2-6-15-23/h1-7,9,11-15,17H,8,10,16,18-20H2,(H,32,35). The monoisotopic (exact) mass is 537 g/mol. The van der Waals surface area contributed by atoms with E-state index in [0.29, 0.717) is 5.16 Å². The van der Waals surface area contributed by atoms with Crippen LogP contribution in [0, 0.1) is 0 Å². The van der Waals surface area contributed by atoms with E-state index in [1.165, 1.54) is 27.8 Å². The van der Waals surface area contributed by atoms with Gasteiger partial charge in [0, 0.05) is 10.6 Å². The summed E-state index contributed by atoms with van der Waals surface area (Å²) in [7, 11) is 0. The van der Waals surface area contributed by atoms with E-state index in [1.54, 1.807) is 15.9 Å². The molecular formula is C31H27N3O2S2. The molecule has 1 aliphatic rings. The quantitative estimate of drug-likeness (QED) is 0.187. The zero-order chi connectivity index (χ0) is 25.9. The first-order valence-electron chi connectivity index (χ1n) is 12.8. The molecule has 0 bridgehead atoms. The topological polar surface area (TPSA) is 64.0 Å². The summed E-state index contributed by atoms with van der Waals surface area (Å²) < 4.78 is 1.67. The van der Waals surface area contributed by atoms with Gasteiger partial charge in [-0.3, -0.25) is 14.2 Å². The van der Waals surface area contributed by atoms with Crippen LogP contribution >= 0.6 is 23.1 Å². The zero-order valence-corrected chi connectivity index (χ0v) is 22.5. The van der Waals surface area contributed by atoms with E-state index in [9.17, 15) is 9.59 Å². The van der Waals surface area contributed by atoms with Crippen LogP contribution in [0.25, 0.3) is 15.9 Å². The number of aryl methyl sites for hydroxylation is 2. The van der Waals surface area contributed by atoms with Crippen LogP contribution in [-0.4, -0.2) is 21.2 Å². The Morgan fingerprint density at radius 2 is 1.63 bits per heavy atom. The molecule has 5 nitrogen and oxygen atoms in total. The SMILES string of the molecule is O=C(CSc1nc2sc3c(c2c(=O)n1-c1ccccc1)CCCC3)Nc1ccccc1Cc1ccccc1. The van der Waals surface area contributed by atoms with Gasteiger partial charge in [-0.05, 0) is 67.0 Å². The molecule has 1 amide bonds. The minimum atomic E-state index is -0.130. The molecular weight excluding hydrogens is 510 g/mol. The maximum atomic E-state index is 13.9. The number of thiophene rings is 1. The van der Waals surface area contributed by atoms with Crippen LogP contribution in [0.2, 0.25) is 0 Å². The number of nitrogens with one attached hydrogen (secondary N) is 1. The maximum Gasteiger partial charge on any atom is 0.267 e. The Hall–Kier alpha value is -3.68. The summed E-state index contributed by atoms with van der Waals surface area (Å²) in [6.07, 6.45) is 4.93. The van der Waals surface area contributed by atoms with Gasteiger partial charge in [-0.2, -0.15) is 0 Å². The van der Waals surface area contributed by atoms with E-state index in [2.05, 4.69) is 17.4 Å². The van der Waals surface area contributed by atoms with E-state index in [1.807, 2.05) is 72.8 Å². The third kappa shape index (κ3) is 5.04. The summed E-state index contributed by atoms with van der Waals surface area (Å²) in [5.74, 6) is 0.0187. The Morgan fingerprint density at radius 1 is 0.921 bits per heavy atom. The first-order valence-corrected chi connectivity index (χ1v) is 14.6. The van der Waals surface area contributed by atoms with Crippen molar-refractivity contribution in [3.63, 3.8) is 0 Å². The Bertz CT molecular complexity index is 1660. The van der Waals surface area contributed by atoms with Gasteiger partial charge in [0.1, 0.15) is 4.83 Å². The third-order valence-electron chi connectivity index (χ3n) is 6.83. The van der Waals surface area contributed by atoms with Crippen LogP contribution < -0.4 is 10.9 Å². The predicted molar refractivity (Wildman–Crippen MR) is 157 cm³/mol. The minimum absolute atomic E-state index is 0.0447. The average Bonchev–Trinajstić information content (AvgIpc) is 3.33. The van der Waals surface area contributed by atoms with E-state index in [4.69, 9.17) is 4.98 Å². The fourth-order valence-electron chi connectivity index (χ4n) is 5.02. The number of thioether (sulfide) groups is 1. The molecule has 5 aromatic rings. The summed E-state index contributed by atoms with van der Waals surface area (Å²) in [6.45, 7) is 0. The number of carbonyl (C=O) groups excluding carboxylic acids is 1. The van der Waals surface area contributed by atoms with Crippen molar-refractivity contribution in [2.24, 2.45) is 0 Å². The number of benzene rings is 3.